The first-order chi connectivity index (χ1) is 9.15. The van der Waals surface area contributed by atoms with Gasteiger partial charge >= 0.3 is 0 Å². The molecule has 106 valence electrons. The zero-order chi connectivity index (χ0) is 13.8. The Morgan fingerprint density at radius 1 is 1.42 bits per heavy atom. The molecular weight excluding hydrogens is 241 g/mol. The zero-order valence-electron chi connectivity index (χ0n) is 12.1. The van der Waals surface area contributed by atoms with E-state index in [0.29, 0.717) is 11.7 Å². The van der Waals surface area contributed by atoms with E-state index in [1.54, 1.807) is 7.11 Å². The summed E-state index contributed by atoms with van der Waals surface area (Å²) in [7, 11) is 1.56. The first kappa shape index (κ1) is 14.3. The number of benzene rings is 1. The lowest BCUT2D eigenvalue weighted by atomic mass is 9.90. The number of halogens is 1. The molecule has 1 saturated carbocycles. The molecule has 0 saturated heterocycles. The van der Waals surface area contributed by atoms with Crippen LogP contribution in [0.2, 0.25) is 0 Å². The van der Waals surface area contributed by atoms with Crippen molar-refractivity contribution in [2.75, 3.05) is 13.7 Å². The first-order valence-electron chi connectivity index (χ1n) is 7.22. The zero-order valence-corrected chi connectivity index (χ0v) is 12.1. The minimum Gasteiger partial charge on any atom is -0.497 e. The van der Waals surface area contributed by atoms with Crippen molar-refractivity contribution >= 4 is 0 Å². The van der Waals surface area contributed by atoms with Crippen LogP contribution in [0.3, 0.4) is 0 Å². The fourth-order valence-corrected chi connectivity index (χ4v) is 3.19. The maximum Gasteiger partial charge on any atom is 0.131 e. The van der Waals surface area contributed by atoms with E-state index >= 15 is 0 Å². The summed E-state index contributed by atoms with van der Waals surface area (Å²) in [5.41, 5.74) is 0.779. The van der Waals surface area contributed by atoms with Gasteiger partial charge in [-0.25, -0.2) is 4.39 Å². The van der Waals surface area contributed by atoms with Crippen molar-refractivity contribution in [2.45, 2.75) is 39.2 Å². The fourth-order valence-electron chi connectivity index (χ4n) is 3.19. The van der Waals surface area contributed by atoms with Gasteiger partial charge in [0.2, 0.25) is 0 Å². The van der Waals surface area contributed by atoms with Crippen LogP contribution in [0.4, 0.5) is 4.39 Å². The summed E-state index contributed by atoms with van der Waals surface area (Å²) in [5.74, 6) is 1.71. The summed E-state index contributed by atoms with van der Waals surface area (Å²) in [6.45, 7) is 5.22. The Bertz CT molecular complexity index is 421. The maximum absolute atomic E-state index is 14.2. The Labute approximate surface area is 115 Å². The number of ether oxygens (including phenoxy) is 1. The largest absolute Gasteiger partial charge is 0.497 e. The molecule has 0 aliphatic heterocycles. The minimum absolute atomic E-state index is 0.126. The molecule has 1 aromatic rings. The van der Waals surface area contributed by atoms with Gasteiger partial charge in [0, 0.05) is 17.7 Å². The molecule has 1 N–H and O–H groups in total. The second-order valence-corrected chi connectivity index (χ2v) is 5.60. The standard InChI is InChI=1S/C16H24FNO/c1-4-18-16(12-6-5-11(2)9-12)14-8-7-13(19-3)10-15(14)17/h7-8,10-12,16,18H,4-6,9H2,1-3H3. The van der Waals surface area contributed by atoms with Crippen LogP contribution in [-0.4, -0.2) is 13.7 Å². The second kappa shape index (κ2) is 6.38. The van der Waals surface area contributed by atoms with E-state index in [-0.39, 0.29) is 11.9 Å². The molecular formula is C16H24FNO. The highest BCUT2D eigenvalue weighted by Gasteiger charge is 2.30. The third-order valence-corrected chi connectivity index (χ3v) is 4.17. The SMILES string of the molecule is CCNC(c1ccc(OC)cc1F)C1CCC(C)C1. The molecule has 2 nitrogen and oxygen atoms in total. The van der Waals surface area contributed by atoms with Crippen molar-refractivity contribution in [3.05, 3.63) is 29.6 Å². The molecule has 3 unspecified atom stereocenters. The monoisotopic (exact) mass is 265 g/mol. The molecule has 1 fully saturated rings. The van der Waals surface area contributed by atoms with Gasteiger partial charge in [0.1, 0.15) is 11.6 Å². The second-order valence-electron chi connectivity index (χ2n) is 5.60. The average molecular weight is 265 g/mol. The normalized spacial score (nSPS) is 24.4. The van der Waals surface area contributed by atoms with E-state index in [1.165, 1.54) is 25.3 Å². The van der Waals surface area contributed by atoms with Crippen LogP contribution in [0.1, 0.15) is 44.7 Å². The molecule has 1 aliphatic carbocycles. The van der Waals surface area contributed by atoms with E-state index in [1.807, 2.05) is 12.1 Å². The van der Waals surface area contributed by atoms with Crippen molar-refractivity contribution in [1.82, 2.24) is 5.32 Å². The predicted molar refractivity (Wildman–Crippen MR) is 75.9 cm³/mol. The lowest BCUT2D eigenvalue weighted by molar-refractivity contribution is 0.352. The van der Waals surface area contributed by atoms with Crippen LogP contribution in [0.5, 0.6) is 5.75 Å². The summed E-state index contributed by atoms with van der Waals surface area (Å²) >= 11 is 0. The molecule has 1 aliphatic rings. The molecule has 3 atom stereocenters. The number of hydrogen-bond donors (Lipinski definition) is 1. The predicted octanol–water partition coefficient (Wildman–Crippen LogP) is 3.92. The van der Waals surface area contributed by atoms with E-state index in [2.05, 4.69) is 19.2 Å². The van der Waals surface area contributed by atoms with Gasteiger partial charge < -0.3 is 10.1 Å². The van der Waals surface area contributed by atoms with Gasteiger partial charge in [-0.1, -0.05) is 26.3 Å². The van der Waals surface area contributed by atoms with Gasteiger partial charge in [0.05, 0.1) is 7.11 Å². The molecule has 1 aromatic carbocycles. The number of methoxy groups -OCH3 is 1. The van der Waals surface area contributed by atoms with Gasteiger partial charge in [0.15, 0.2) is 0 Å². The van der Waals surface area contributed by atoms with Gasteiger partial charge in [0.25, 0.3) is 0 Å². The number of hydrogen-bond acceptors (Lipinski definition) is 2. The van der Waals surface area contributed by atoms with Crippen molar-refractivity contribution in [3.63, 3.8) is 0 Å². The number of rotatable bonds is 5. The third kappa shape index (κ3) is 3.27. The van der Waals surface area contributed by atoms with E-state index < -0.39 is 0 Å². The molecule has 0 bridgehead atoms. The molecule has 19 heavy (non-hydrogen) atoms. The summed E-state index contributed by atoms with van der Waals surface area (Å²) in [4.78, 5) is 0. The summed E-state index contributed by atoms with van der Waals surface area (Å²) in [6, 6.07) is 5.32. The summed E-state index contributed by atoms with van der Waals surface area (Å²) < 4.78 is 19.3. The Hall–Kier alpha value is -1.09. The lowest BCUT2D eigenvalue weighted by Crippen LogP contribution is -2.28. The topological polar surface area (TPSA) is 21.3 Å². The van der Waals surface area contributed by atoms with E-state index in [0.717, 1.165) is 18.0 Å². The molecule has 0 spiro atoms. The molecule has 0 aromatic heterocycles. The first-order valence-corrected chi connectivity index (χ1v) is 7.22. The van der Waals surface area contributed by atoms with E-state index in [9.17, 15) is 4.39 Å². The average Bonchev–Trinajstić information content (AvgIpc) is 2.83. The maximum atomic E-state index is 14.2. The van der Waals surface area contributed by atoms with Crippen molar-refractivity contribution < 1.29 is 9.13 Å². The van der Waals surface area contributed by atoms with E-state index in [4.69, 9.17) is 4.74 Å². The minimum atomic E-state index is -0.162. The lowest BCUT2D eigenvalue weighted by Gasteiger charge is -2.25. The van der Waals surface area contributed by atoms with Crippen LogP contribution in [0, 0.1) is 17.7 Å². The van der Waals surface area contributed by atoms with Crippen LogP contribution in [-0.2, 0) is 0 Å². The molecule has 3 heteroatoms. The Morgan fingerprint density at radius 2 is 2.21 bits per heavy atom. The van der Waals surface area contributed by atoms with Gasteiger partial charge in [-0.15, -0.1) is 0 Å². The third-order valence-electron chi connectivity index (χ3n) is 4.17. The van der Waals surface area contributed by atoms with Crippen LogP contribution < -0.4 is 10.1 Å². The smallest absolute Gasteiger partial charge is 0.131 e. The highest BCUT2D eigenvalue weighted by Crippen LogP contribution is 2.39. The van der Waals surface area contributed by atoms with Crippen LogP contribution in [0.25, 0.3) is 0 Å². The van der Waals surface area contributed by atoms with Crippen LogP contribution in [0.15, 0.2) is 18.2 Å². The fraction of sp³-hybridized carbons (Fsp3) is 0.625. The van der Waals surface area contributed by atoms with Crippen molar-refractivity contribution in [1.29, 1.82) is 0 Å². The highest BCUT2D eigenvalue weighted by molar-refractivity contribution is 5.31. The number of nitrogens with one attached hydrogen (secondary N) is 1. The molecule has 0 radical (unpaired) electrons. The van der Waals surface area contributed by atoms with Crippen molar-refractivity contribution in [3.8, 4) is 5.75 Å². The summed E-state index contributed by atoms with van der Waals surface area (Å²) in [5, 5.41) is 3.46. The summed E-state index contributed by atoms with van der Waals surface area (Å²) in [6.07, 6.45) is 3.62. The highest BCUT2D eigenvalue weighted by atomic mass is 19.1. The van der Waals surface area contributed by atoms with Gasteiger partial charge in [-0.3, -0.25) is 0 Å². The van der Waals surface area contributed by atoms with Crippen molar-refractivity contribution in [2.24, 2.45) is 11.8 Å². The van der Waals surface area contributed by atoms with Crippen LogP contribution >= 0.6 is 0 Å². The Kier molecular flexibility index (Phi) is 4.81. The molecule has 2 rings (SSSR count). The Morgan fingerprint density at radius 3 is 2.74 bits per heavy atom. The quantitative estimate of drug-likeness (QED) is 0.871. The van der Waals surface area contributed by atoms with Gasteiger partial charge in [-0.2, -0.15) is 0 Å². The van der Waals surface area contributed by atoms with Gasteiger partial charge in [-0.05, 0) is 37.3 Å². The Balaban J connectivity index is 2.23. The molecule has 0 amide bonds. The molecule has 0 heterocycles.